The Kier molecular flexibility index (Phi) is 5.26. The Morgan fingerprint density at radius 2 is 1.59 bits per heavy atom. The monoisotopic (exact) mass is 365 g/mol. The van der Waals surface area contributed by atoms with Crippen LogP contribution in [0.2, 0.25) is 0 Å². The molecule has 0 aliphatic rings. The van der Waals surface area contributed by atoms with E-state index in [0.29, 0.717) is 23.0 Å². The van der Waals surface area contributed by atoms with Crippen LogP contribution in [0, 0.1) is 19.4 Å². The van der Waals surface area contributed by atoms with Crippen molar-refractivity contribution in [2.75, 3.05) is 14.2 Å². The van der Waals surface area contributed by atoms with Gasteiger partial charge in [-0.3, -0.25) is 4.98 Å². The largest absolute Gasteiger partial charge is 0.493 e. The van der Waals surface area contributed by atoms with Gasteiger partial charge in [0.05, 0.1) is 25.8 Å². The van der Waals surface area contributed by atoms with Gasteiger partial charge in [0.2, 0.25) is 0 Å². The number of rotatable bonds is 6. The van der Waals surface area contributed by atoms with E-state index in [9.17, 15) is 0 Å². The lowest BCUT2D eigenvalue weighted by Gasteiger charge is -2.17. The zero-order valence-electron chi connectivity index (χ0n) is 16.2. The molecule has 0 fully saturated rings. The fourth-order valence-electron chi connectivity index (χ4n) is 2.95. The van der Waals surface area contributed by atoms with Gasteiger partial charge in [0.15, 0.2) is 11.5 Å². The second kappa shape index (κ2) is 7.61. The molecule has 1 heterocycles. The molecule has 0 radical (unpaired) electrons. The van der Waals surface area contributed by atoms with Crippen molar-refractivity contribution in [3.63, 3.8) is 0 Å². The molecule has 0 bridgehead atoms. The van der Waals surface area contributed by atoms with Gasteiger partial charge in [-0.2, -0.15) is 5.11 Å². The highest BCUT2D eigenvalue weighted by molar-refractivity contribution is 5.88. The van der Waals surface area contributed by atoms with Crippen molar-refractivity contribution >= 4 is 10.9 Å². The molecule has 0 amide bonds. The first-order chi connectivity index (χ1) is 13.0. The van der Waals surface area contributed by atoms with Crippen LogP contribution < -0.4 is 14.2 Å². The van der Waals surface area contributed by atoms with Crippen molar-refractivity contribution in [1.82, 2.24) is 4.98 Å². The number of nitrogens with one attached hydrogen (secondary N) is 1. The highest BCUT2D eigenvalue weighted by Gasteiger charge is 2.16. The number of benzene rings is 2. The third-order valence-corrected chi connectivity index (χ3v) is 4.70. The fraction of sp³-hybridized carbons (Fsp3) is 0.286. The number of ether oxygens (including phenoxy) is 3. The molecule has 27 heavy (non-hydrogen) atoms. The number of aryl methyl sites for hydroxylation is 2. The summed E-state index contributed by atoms with van der Waals surface area (Å²) in [6.45, 7) is 5.95. The molecule has 1 N–H and O–H groups in total. The molecule has 1 aromatic heterocycles. The van der Waals surface area contributed by atoms with Crippen molar-refractivity contribution in [2.24, 2.45) is 5.11 Å². The highest BCUT2D eigenvalue weighted by atomic mass is 16.5. The number of methoxy groups -OCH3 is 2. The third-order valence-electron chi connectivity index (χ3n) is 4.70. The number of fused-ring (bicyclic) bond motifs is 1. The van der Waals surface area contributed by atoms with Gasteiger partial charge in [-0.1, -0.05) is 0 Å². The lowest BCUT2D eigenvalue weighted by molar-refractivity contribution is 0.355. The molecule has 1 atom stereocenters. The molecule has 1 unspecified atom stereocenters. The molecule has 0 saturated carbocycles. The van der Waals surface area contributed by atoms with E-state index in [1.807, 2.05) is 51.1 Å². The van der Waals surface area contributed by atoms with E-state index in [-0.39, 0.29) is 6.04 Å². The number of hydrogen-bond acceptors (Lipinski definition) is 6. The van der Waals surface area contributed by atoms with E-state index < -0.39 is 0 Å². The highest BCUT2D eigenvalue weighted by Crippen LogP contribution is 2.39. The summed E-state index contributed by atoms with van der Waals surface area (Å²) in [6.07, 6.45) is 1.70. The smallest absolute Gasteiger partial charge is 0.162 e. The molecule has 0 spiro atoms. The quantitative estimate of drug-likeness (QED) is 0.564. The molecule has 2 aromatic carbocycles. The van der Waals surface area contributed by atoms with Crippen LogP contribution in [0.4, 0.5) is 0 Å². The molecule has 0 saturated heterocycles. The first-order valence-corrected chi connectivity index (χ1v) is 8.64. The number of pyridine rings is 1. The van der Waals surface area contributed by atoms with Crippen LogP contribution in [0.3, 0.4) is 0 Å². The normalized spacial score (nSPS) is 11.9. The lowest BCUT2D eigenvalue weighted by atomic mass is 10.0. The van der Waals surface area contributed by atoms with Gasteiger partial charge in [0, 0.05) is 23.2 Å². The maximum atomic E-state index is 7.40. The molecule has 3 aromatic rings. The summed E-state index contributed by atoms with van der Waals surface area (Å²) in [6, 6.07) is 9.22. The Hall–Kier alpha value is -3.15. The predicted molar refractivity (Wildman–Crippen MR) is 104 cm³/mol. The van der Waals surface area contributed by atoms with Crippen LogP contribution in [0.1, 0.15) is 29.7 Å². The molecule has 140 valence electrons. The summed E-state index contributed by atoms with van der Waals surface area (Å²) in [5.74, 6) is 2.56. The third kappa shape index (κ3) is 3.56. The maximum absolute atomic E-state index is 7.40. The van der Waals surface area contributed by atoms with E-state index in [2.05, 4.69) is 10.1 Å². The van der Waals surface area contributed by atoms with Gasteiger partial charge in [-0.15, -0.1) is 0 Å². The van der Waals surface area contributed by atoms with Crippen molar-refractivity contribution in [3.05, 3.63) is 53.2 Å². The molecule has 0 aliphatic carbocycles. The standard InChI is InChI=1S/C21H23N3O3/c1-12-8-15(14(3)24-22)19(9-13(12)2)27-18-6-7-23-17-11-21(26-5)20(25-4)10-16(17)18/h6-11,14,22H,1-5H3. The molecule has 6 heteroatoms. The van der Waals surface area contributed by atoms with E-state index >= 15 is 0 Å². The van der Waals surface area contributed by atoms with Crippen LogP contribution in [0.15, 0.2) is 41.6 Å². The van der Waals surface area contributed by atoms with E-state index in [1.165, 1.54) is 0 Å². The van der Waals surface area contributed by atoms with Crippen LogP contribution in [0.5, 0.6) is 23.0 Å². The zero-order valence-corrected chi connectivity index (χ0v) is 16.2. The first kappa shape index (κ1) is 18.6. The average molecular weight is 365 g/mol. The Balaban J connectivity index is 2.15. The fourth-order valence-corrected chi connectivity index (χ4v) is 2.95. The summed E-state index contributed by atoms with van der Waals surface area (Å²) in [5, 5.41) is 4.48. The summed E-state index contributed by atoms with van der Waals surface area (Å²) >= 11 is 0. The molecule has 6 nitrogen and oxygen atoms in total. The minimum absolute atomic E-state index is 0.290. The Bertz CT molecular complexity index is 1000. The number of aromatic nitrogens is 1. The summed E-state index contributed by atoms with van der Waals surface area (Å²) in [7, 11) is 3.19. The van der Waals surface area contributed by atoms with Crippen LogP contribution >= 0.6 is 0 Å². The van der Waals surface area contributed by atoms with Crippen molar-refractivity contribution in [3.8, 4) is 23.0 Å². The van der Waals surface area contributed by atoms with Gasteiger partial charge in [0.25, 0.3) is 0 Å². The van der Waals surface area contributed by atoms with Crippen molar-refractivity contribution < 1.29 is 14.2 Å². The lowest BCUT2D eigenvalue weighted by Crippen LogP contribution is -1.98. The first-order valence-electron chi connectivity index (χ1n) is 8.64. The Morgan fingerprint density at radius 3 is 2.26 bits per heavy atom. The van der Waals surface area contributed by atoms with Crippen molar-refractivity contribution in [2.45, 2.75) is 26.8 Å². The van der Waals surface area contributed by atoms with Gasteiger partial charge in [0.1, 0.15) is 11.5 Å². The van der Waals surface area contributed by atoms with Crippen LogP contribution in [-0.2, 0) is 0 Å². The molecule has 0 aliphatic heterocycles. The van der Waals surface area contributed by atoms with E-state index in [4.69, 9.17) is 19.7 Å². The summed E-state index contributed by atoms with van der Waals surface area (Å²) < 4.78 is 17.0. The zero-order chi connectivity index (χ0) is 19.6. The van der Waals surface area contributed by atoms with Gasteiger partial charge in [-0.05, 0) is 56.2 Å². The topological polar surface area (TPSA) is 76.8 Å². The van der Waals surface area contributed by atoms with Gasteiger partial charge < -0.3 is 14.2 Å². The second-order valence-electron chi connectivity index (χ2n) is 6.41. The molecule has 3 rings (SSSR count). The van der Waals surface area contributed by atoms with E-state index in [1.54, 1.807) is 20.4 Å². The number of hydrogen-bond donors (Lipinski definition) is 1. The molecular formula is C21H23N3O3. The van der Waals surface area contributed by atoms with Gasteiger partial charge >= 0.3 is 0 Å². The summed E-state index contributed by atoms with van der Waals surface area (Å²) in [4.78, 5) is 4.41. The summed E-state index contributed by atoms with van der Waals surface area (Å²) in [5.41, 5.74) is 11.3. The second-order valence-corrected chi connectivity index (χ2v) is 6.41. The van der Waals surface area contributed by atoms with Gasteiger partial charge in [-0.25, -0.2) is 5.53 Å². The van der Waals surface area contributed by atoms with Crippen LogP contribution in [-0.4, -0.2) is 19.2 Å². The minimum atomic E-state index is -0.290. The maximum Gasteiger partial charge on any atom is 0.162 e. The van der Waals surface area contributed by atoms with E-state index in [0.717, 1.165) is 27.6 Å². The van der Waals surface area contributed by atoms with Crippen LogP contribution in [0.25, 0.3) is 10.9 Å². The average Bonchev–Trinajstić information content (AvgIpc) is 2.69. The van der Waals surface area contributed by atoms with Crippen molar-refractivity contribution in [1.29, 1.82) is 5.53 Å². The Labute approximate surface area is 158 Å². The predicted octanol–water partition coefficient (Wildman–Crippen LogP) is 5.75. The Morgan fingerprint density at radius 1 is 0.926 bits per heavy atom. The number of nitrogens with zero attached hydrogens (tertiary/aromatic N) is 2. The molecular weight excluding hydrogens is 342 g/mol. The minimum Gasteiger partial charge on any atom is -0.493 e. The SMILES string of the molecule is COc1cc2nccc(Oc3cc(C)c(C)cc3C(C)N=N)c2cc1OC.